The van der Waals surface area contributed by atoms with Gasteiger partial charge in [-0.15, -0.1) is 5.10 Å². The highest BCUT2D eigenvalue weighted by molar-refractivity contribution is 5.75. The lowest BCUT2D eigenvalue weighted by Crippen LogP contribution is -2.54. The van der Waals surface area contributed by atoms with Crippen LogP contribution in [0.15, 0.2) is 36.8 Å². The summed E-state index contributed by atoms with van der Waals surface area (Å²) >= 11 is 0. The van der Waals surface area contributed by atoms with Crippen molar-refractivity contribution in [3.8, 4) is 11.5 Å². The zero-order valence-electron chi connectivity index (χ0n) is 16.2. The summed E-state index contributed by atoms with van der Waals surface area (Å²) in [4.78, 5) is 15.6. The molecule has 11 heteroatoms. The molecule has 1 aliphatic rings. The molecule has 2 aromatic heterocycles. The van der Waals surface area contributed by atoms with E-state index in [-0.39, 0.29) is 12.1 Å². The van der Waals surface area contributed by atoms with Crippen LogP contribution in [0.2, 0.25) is 0 Å². The van der Waals surface area contributed by atoms with Crippen LogP contribution in [0.1, 0.15) is 17.3 Å². The number of nitrogens with one attached hydrogen (secondary N) is 1. The molecule has 1 saturated heterocycles. The van der Waals surface area contributed by atoms with E-state index in [1.165, 1.54) is 0 Å². The van der Waals surface area contributed by atoms with Gasteiger partial charge < -0.3 is 19.7 Å². The second kappa shape index (κ2) is 8.17. The monoisotopic (exact) mass is 398 g/mol. The van der Waals surface area contributed by atoms with Crippen LogP contribution in [0.25, 0.3) is 0 Å². The molecule has 11 nitrogen and oxygen atoms in total. The fourth-order valence-corrected chi connectivity index (χ4v) is 3.10. The Hall–Kier alpha value is -3.63. The number of carbonyl (C=O) groups excluding carboxylic acids is 1. The highest BCUT2D eigenvalue weighted by Gasteiger charge is 2.32. The molecule has 152 valence electrons. The topological polar surface area (TPSA) is 112 Å². The van der Waals surface area contributed by atoms with Gasteiger partial charge >= 0.3 is 6.03 Å². The number of hydrogen-bond acceptors (Lipinski definition) is 7. The Balaban J connectivity index is 1.26. The number of carbonyl (C=O) groups is 1. The van der Waals surface area contributed by atoms with Crippen LogP contribution in [0.4, 0.5) is 4.79 Å². The maximum atomic E-state index is 12.4. The van der Waals surface area contributed by atoms with Gasteiger partial charge in [0.05, 0.1) is 38.9 Å². The molecular formula is C18H22N8O3. The maximum Gasteiger partial charge on any atom is 0.317 e. The van der Waals surface area contributed by atoms with Crippen LogP contribution in [0.5, 0.6) is 11.5 Å². The van der Waals surface area contributed by atoms with Gasteiger partial charge in [0.25, 0.3) is 0 Å². The average molecular weight is 398 g/mol. The number of ether oxygens (including phenoxy) is 2. The Morgan fingerprint density at radius 2 is 1.93 bits per heavy atom. The van der Waals surface area contributed by atoms with Crippen molar-refractivity contribution >= 4 is 6.03 Å². The number of benzene rings is 1. The molecular weight excluding hydrogens is 376 g/mol. The Bertz CT molecular complexity index is 965. The van der Waals surface area contributed by atoms with E-state index < -0.39 is 0 Å². The van der Waals surface area contributed by atoms with E-state index in [2.05, 4.69) is 25.8 Å². The smallest absolute Gasteiger partial charge is 0.317 e. The third-order valence-electron chi connectivity index (χ3n) is 4.74. The molecule has 0 aliphatic carbocycles. The third-order valence-corrected chi connectivity index (χ3v) is 4.74. The van der Waals surface area contributed by atoms with Crippen LogP contribution in [-0.4, -0.2) is 68.2 Å². The lowest BCUT2D eigenvalue weighted by atomic mass is 10.1. The first-order chi connectivity index (χ1) is 14.2. The predicted octanol–water partition coefficient (Wildman–Crippen LogP) is 0.702. The number of nitrogens with zero attached hydrogens (tertiary/aromatic N) is 7. The number of aromatic nitrogens is 6. The van der Waals surface area contributed by atoms with E-state index in [4.69, 9.17) is 9.47 Å². The molecule has 0 saturated carbocycles. The van der Waals surface area contributed by atoms with Crippen molar-refractivity contribution in [2.45, 2.75) is 19.1 Å². The summed E-state index contributed by atoms with van der Waals surface area (Å²) < 4.78 is 12.3. The Kier molecular flexibility index (Phi) is 5.27. The van der Waals surface area contributed by atoms with E-state index in [9.17, 15) is 4.79 Å². The quantitative estimate of drug-likeness (QED) is 0.623. The van der Waals surface area contributed by atoms with Crippen molar-refractivity contribution in [1.82, 2.24) is 40.2 Å². The zero-order chi connectivity index (χ0) is 20.2. The minimum Gasteiger partial charge on any atom is -0.493 e. The molecule has 0 atom stereocenters. The molecule has 1 N–H and O–H groups in total. The van der Waals surface area contributed by atoms with E-state index in [1.807, 2.05) is 24.4 Å². The van der Waals surface area contributed by atoms with E-state index >= 15 is 0 Å². The fraction of sp³-hybridized carbons (Fsp3) is 0.389. The van der Waals surface area contributed by atoms with Gasteiger partial charge in [0.15, 0.2) is 11.5 Å². The zero-order valence-corrected chi connectivity index (χ0v) is 16.2. The minimum absolute atomic E-state index is 0.114. The number of amides is 2. The normalized spacial score (nSPS) is 13.8. The van der Waals surface area contributed by atoms with Crippen molar-refractivity contribution < 1.29 is 14.3 Å². The number of methoxy groups -OCH3 is 2. The Morgan fingerprint density at radius 1 is 1.17 bits per heavy atom. The largest absolute Gasteiger partial charge is 0.493 e. The first-order valence-corrected chi connectivity index (χ1v) is 9.14. The molecule has 0 unspecified atom stereocenters. The molecule has 29 heavy (non-hydrogen) atoms. The highest BCUT2D eigenvalue weighted by atomic mass is 16.5. The lowest BCUT2D eigenvalue weighted by Gasteiger charge is -2.38. The summed E-state index contributed by atoms with van der Waals surface area (Å²) in [5.41, 5.74) is 1.71. The summed E-state index contributed by atoms with van der Waals surface area (Å²) in [5, 5.41) is 19.3. The van der Waals surface area contributed by atoms with Crippen LogP contribution in [0.3, 0.4) is 0 Å². The van der Waals surface area contributed by atoms with Gasteiger partial charge in [0.1, 0.15) is 12.2 Å². The standard InChI is InChI=1S/C18H22N8O3/c1-28-16-4-3-13(7-17(16)29-2)8-19-18(27)24-11-15(12-24)25-9-14(22-23-25)10-26-20-5-6-21-26/h3-7,9,15H,8,10-12H2,1-2H3,(H,19,27). The molecule has 4 rings (SSSR count). The van der Waals surface area contributed by atoms with Crippen molar-refractivity contribution in [3.63, 3.8) is 0 Å². The molecule has 3 heterocycles. The van der Waals surface area contributed by atoms with Gasteiger partial charge in [-0.05, 0) is 17.7 Å². The molecule has 1 aliphatic heterocycles. The number of likely N-dealkylation sites (tertiary alicyclic amines) is 1. The molecule has 2 amide bonds. The SMILES string of the molecule is COc1ccc(CNC(=O)N2CC(n3cc(Cn4nccn4)nn3)C2)cc1OC. The predicted molar refractivity (Wildman–Crippen MR) is 102 cm³/mol. The van der Waals surface area contributed by atoms with Crippen molar-refractivity contribution in [2.24, 2.45) is 0 Å². The fourth-order valence-electron chi connectivity index (χ4n) is 3.10. The number of rotatable bonds is 7. The van der Waals surface area contributed by atoms with Gasteiger partial charge in [-0.1, -0.05) is 11.3 Å². The lowest BCUT2D eigenvalue weighted by molar-refractivity contribution is 0.117. The molecule has 0 radical (unpaired) electrons. The van der Waals surface area contributed by atoms with Crippen molar-refractivity contribution in [1.29, 1.82) is 0 Å². The highest BCUT2D eigenvalue weighted by Crippen LogP contribution is 2.27. The third kappa shape index (κ3) is 4.13. The Morgan fingerprint density at radius 3 is 2.66 bits per heavy atom. The first-order valence-electron chi connectivity index (χ1n) is 9.14. The summed E-state index contributed by atoms with van der Waals surface area (Å²) in [6.07, 6.45) is 5.11. The van der Waals surface area contributed by atoms with Crippen molar-refractivity contribution in [3.05, 3.63) is 48.0 Å². The van der Waals surface area contributed by atoms with Crippen LogP contribution < -0.4 is 14.8 Å². The van der Waals surface area contributed by atoms with E-state index in [0.29, 0.717) is 37.7 Å². The van der Waals surface area contributed by atoms with Gasteiger partial charge in [-0.2, -0.15) is 15.0 Å². The molecule has 0 spiro atoms. The van der Waals surface area contributed by atoms with E-state index in [1.54, 1.807) is 41.0 Å². The molecule has 3 aromatic rings. The molecule has 1 aromatic carbocycles. The average Bonchev–Trinajstić information content (AvgIpc) is 3.37. The Labute approximate surface area is 167 Å². The summed E-state index contributed by atoms with van der Waals surface area (Å²) in [7, 11) is 3.17. The number of hydrogen-bond donors (Lipinski definition) is 1. The van der Waals surface area contributed by atoms with Crippen LogP contribution >= 0.6 is 0 Å². The minimum atomic E-state index is -0.114. The second-order valence-electron chi connectivity index (χ2n) is 6.66. The first kappa shape index (κ1) is 18.7. The van der Waals surface area contributed by atoms with Crippen molar-refractivity contribution in [2.75, 3.05) is 27.3 Å². The molecule has 1 fully saturated rings. The summed E-state index contributed by atoms with van der Waals surface area (Å²) in [6, 6.07) is 5.57. The van der Waals surface area contributed by atoms with Gasteiger partial charge in [-0.25, -0.2) is 9.48 Å². The second-order valence-corrected chi connectivity index (χ2v) is 6.66. The van der Waals surface area contributed by atoms with Gasteiger partial charge in [0, 0.05) is 19.6 Å². The maximum absolute atomic E-state index is 12.4. The number of urea groups is 1. The molecule has 0 bridgehead atoms. The van der Waals surface area contributed by atoms with Crippen LogP contribution in [-0.2, 0) is 13.1 Å². The van der Waals surface area contributed by atoms with Crippen LogP contribution in [0, 0.1) is 0 Å². The summed E-state index contributed by atoms with van der Waals surface area (Å²) in [5.74, 6) is 1.29. The van der Waals surface area contributed by atoms with Gasteiger partial charge in [-0.3, -0.25) is 0 Å². The van der Waals surface area contributed by atoms with Gasteiger partial charge in [0.2, 0.25) is 0 Å². The van der Waals surface area contributed by atoms with E-state index in [0.717, 1.165) is 11.3 Å². The summed E-state index contributed by atoms with van der Waals surface area (Å²) in [6.45, 7) is 2.04.